The maximum absolute atomic E-state index is 11.8. The minimum atomic E-state index is -0.208. The summed E-state index contributed by atoms with van der Waals surface area (Å²) in [6.45, 7) is 10.6. The van der Waals surface area contributed by atoms with Crippen LogP contribution < -0.4 is 0 Å². The SMILES string of the molecule is CCOC(C(=O)C(C)CC)C(C)C. The highest BCUT2D eigenvalue weighted by molar-refractivity contribution is 5.85. The summed E-state index contributed by atoms with van der Waals surface area (Å²) >= 11 is 0. The van der Waals surface area contributed by atoms with Crippen molar-refractivity contribution < 1.29 is 9.53 Å². The maximum Gasteiger partial charge on any atom is 0.164 e. The Balaban J connectivity index is 4.27. The van der Waals surface area contributed by atoms with Gasteiger partial charge >= 0.3 is 0 Å². The number of hydrogen-bond donors (Lipinski definition) is 0. The van der Waals surface area contributed by atoms with Gasteiger partial charge in [-0.1, -0.05) is 27.7 Å². The number of carbonyl (C=O) groups is 1. The zero-order chi connectivity index (χ0) is 10.4. The van der Waals surface area contributed by atoms with Crippen molar-refractivity contribution in [2.45, 2.75) is 47.1 Å². The summed E-state index contributed by atoms with van der Waals surface area (Å²) in [5.74, 6) is 0.653. The van der Waals surface area contributed by atoms with Crippen molar-refractivity contribution in [3.8, 4) is 0 Å². The van der Waals surface area contributed by atoms with Gasteiger partial charge in [0, 0.05) is 12.5 Å². The van der Waals surface area contributed by atoms with Crippen molar-refractivity contribution in [1.29, 1.82) is 0 Å². The molecule has 2 unspecified atom stereocenters. The highest BCUT2D eigenvalue weighted by Gasteiger charge is 2.25. The standard InChI is InChI=1S/C11H22O2/c1-6-9(5)10(12)11(8(3)4)13-7-2/h8-9,11H,6-7H2,1-5H3. The van der Waals surface area contributed by atoms with E-state index in [1.165, 1.54) is 0 Å². The molecule has 0 rings (SSSR count). The summed E-state index contributed by atoms with van der Waals surface area (Å²) in [5.41, 5.74) is 0. The number of ketones is 1. The van der Waals surface area contributed by atoms with Crippen LogP contribution in [0.2, 0.25) is 0 Å². The van der Waals surface area contributed by atoms with Crippen molar-refractivity contribution in [2.24, 2.45) is 11.8 Å². The van der Waals surface area contributed by atoms with Crippen LogP contribution in [0.1, 0.15) is 41.0 Å². The molecule has 0 fully saturated rings. The lowest BCUT2D eigenvalue weighted by molar-refractivity contribution is -0.136. The number of ether oxygens (including phenoxy) is 1. The molecule has 0 aliphatic carbocycles. The van der Waals surface area contributed by atoms with Crippen LogP contribution in [0.3, 0.4) is 0 Å². The molecule has 0 bridgehead atoms. The molecule has 78 valence electrons. The van der Waals surface area contributed by atoms with E-state index in [1.54, 1.807) is 0 Å². The smallest absolute Gasteiger partial charge is 0.164 e. The van der Waals surface area contributed by atoms with Gasteiger partial charge < -0.3 is 4.74 Å². The van der Waals surface area contributed by atoms with Crippen LogP contribution in [0.15, 0.2) is 0 Å². The third-order valence-electron chi connectivity index (χ3n) is 2.33. The molecular formula is C11H22O2. The molecule has 0 N–H and O–H groups in total. The number of Topliss-reactive ketones (excluding diaryl/α,β-unsaturated/α-hetero) is 1. The molecule has 0 saturated heterocycles. The summed E-state index contributed by atoms with van der Waals surface area (Å²) in [6, 6.07) is 0. The summed E-state index contributed by atoms with van der Waals surface area (Å²) < 4.78 is 5.44. The van der Waals surface area contributed by atoms with Gasteiger partial charge in [0.25, 0.3) is 0 Å². The van der Waals surface area contributed by atoms with Crippen LogP contribution in [0.4, 0.5) is 0 Å². The molecule has 2 heteroatoms. The molecule has 0 spiro atoms. The third kappa shape index (κ3) is 3.90. The zero-order valence-corrected chi connectivity index (χ0v) is 9.46. The summed E-state index contributed by atoms with van der Waals surface area (Å²) in [6.07, 6.45) is 0.690. The maximum atomic E-state index is 11.8. The second-order valence-electron chi connectivity index (χ2n) is 3.83. The molecule has 0 saturated carbocycles. The van der Waals surface area contributed by atoms with Gasteiger partial charge in [0.05, 0.1) is 0 Å². The van der Waals surface area contributed by atoms with Crippen LogP contribution >= 0.6 is 0 Å². The highest BCUT2D eigenvalue weighted by atomic mass is 16.5. The molecule has 13 heavy (non-hydrogen) atoms. The van der Waals surface area contributed by atoms with E-state index in [1.807, 2.05) is 34.6 Å². The van der Waals surface area contributed by atoms with Gasteiger partial charge in [0.1, 0.15) is 6.10 Å². The second kappa shape index (κ2) is 6.14. The monoisotopic (exact) mass is 186 g/mol. The fourth-order valence-electron chi connectivity index (χ4n) is 1.26. The zero-order valence-electron chi connectivity index (χ0n) is 9.46. The molecule has 0 amide bonds. The van der Waals surface area contributed by atoms with E-state index in [9.17, 15) is 4.79 Å². The summed E-state index contributed by atoms with van der Waals surface area (Å²) in [5, 5.41) is 0. The van der Waals surface area contributed by atoms with E-state index in [0.717, 1.165) is 6.42 Å². The van der Waals surface area contributed by atoms with Gasteiger partial charge in [0.2, 0.25) is 0 Å². The average molecular weight is 186 g/mol. The molecule has 0 aliphatic rings. The van der Waals surface area contributed by atoms with Crippen LogP contribution in [0, 0.1) is 11.8 Å². The largest absolute Gasteiger partial charge is 0.370 e. The Labute approximate surface area is 81.7 Å². The van der Waals surface area contributed by atoms with E-state index < -0.39 is 0 Å². The molecule has 0 aromatic heterocycles. The summed E-state index contributed by atoms with van der Waals surface area (Å²) in [7, 11) is 0. The van der Waals surface area contributed by atoms with Gasteiger partial charge in [-0.3, -0.25) is 4.79 Å². The topological polar surface area (TPSA) is 26.3 Å². The Bertz CT molecular complexity index is 152. The van der Waals surface area contributed by atoms with Gasteiger partial charge in [-0.05, 0) is 19.3 Å². The van der Waals surface area contributed by atoms with Crippen molar-refractivity contribution in [2.75, 3.05) is 6.61 Å². The predicted octanol–water partition coefficient (Wildman–Crippen LogP) is 2.66. The van der Waals surface area contributed by atoms with Crippen molar-refractivity contribution in [3.05, 3.63) is 0 Å². The summed E-state index contributed by atoms with van der Waals surface area (Å²) in [4.78, 5) is 11.8. The first kappa shape index (κ1) is 12.6. The van der Waals surface area contributed by atoms with Gasteiger partial charge in [-0.2, -0.15) is 0 Å². The first-order valence-corrected chi connectivity index (χ1v) is 5.19. The van der Waals surface area contributed by atoms with E-state index in [-0.39, 0.29) is 23.7 Å². The van der Waals surface area contributed by atoms with E-state index in [2.05, 4.69) is 0 Å². The lowest BCUT2D eigenvalue weighted by atomic mass is 9.93. The van der Waals surface area contributed by atoms with Gasteiger partial charge in [-0.15, -0.1) is 0 Å². The van der Waals surface area contributed by atoms with E-state index >= 15 is 0 Å². The number of rotatable bonds is 6. The van der Waals surface area contributed by atoms with Crippen LogP contribution in [0.5, 0.6) is 0 Å². The van der Waals surface area contributed by atoms with Crippen molar-refractivity contribution in [1.82, 2.24) is 0 Å². The average Bonchev–Trinajstić information content (AvgIpc) is 2.11. The quantitative estimate of drug-likeness (QED) is 0.637. The molecular weight excluding hydrogens is 164 g/mol. The molecule has 0 radical (unpaired) electrons. The first-order chi connectivity index (χ1) is 6.04. The molecule has 0 aliphatic heterocycles. The number of hydrogen-bond acceptors (Lipinski definition) is 2. The lowest BCUT2D eigenvalue weighted by Gasteiger charge is -2.22. The van der Waals surface area contributed by atoms with Gasteiger partial charge in [-0.25, -0.2) is 0 Å². The Kier molecular flexibility index (Phi) is 5.97. The minimum Gasteiger partial charge on any atom is -0.370 e. The normalized spacial score (nSPS) is 15.8. The molecule has 0 aromatic rings. The predicted molar refractivity (Wildman–Crippen MR) is 54.7 cm³/mol. The van der Waals surface area contributed by atoms with Crippen LogP contribution in [0.25, 0.3) is 0 Å². The number of carbonyl (C=O) groups excluding carboxylic acids is 1. The van der Waals surface area contributed by atoms with E-state index in [4.69, 9.17) is 4.74 Å². The fraction of sp³-hybridized carbons (Fsp3) is 0.909. The van der Waals surface area contributed by atoms with Crippen molar-refractivity contribution in [3.63, 3.8) is 0 Å². The first-order valence-electron chi connectivity index (χ1n) is 5.19. The Morgan fingerprint density at radius 3 is 2.08 bits per heavy atom. The van der Waals surface area contributed by atoms with E-state index in [0.29, 0.717) is 6.61 Å². The molecule has 0 aromatic carbocycles. The molecule has 0 heterocycles. The van der Waals surface area contributed by atoms with Crippen molar-refractivity contribution >= 4 is 5.78 Å². The lowest BCUT2D eigenvalue weighted by Crippen LogP contribution is -2.33. The highest BCUT2D eigenvalue weighted by Crippen LogP contribution is 2.15. The Hall–Kier alpha value is -0.370. The second-order valence-corrected chi connectivity index (χ2v) is 3.83. The Morgan fingerprint density at radius 2 is 1.77 bits per heavy atom. The van der Waals surface area contributed by atoms with Crippen LogP contribution in [-0.4, -0.2) is 18.5 Å². The Morgan fingerprint density at radius 1 is 1.23 bits per heavy atom. The minimum absolute atomic E-state index is 0.124. The van der Waals surface area contributed by atoms with Crippen LogP contribution in [-0.2, 0) is 9.53 Å². The molecule has 2 atom stereocenters. The third-order valence-corrected chi connectivity index (χ3v) is 2.33. The van der Waals surface area contributed by atoms with Gasteiger partial charge in [0.15, 0.2) is 5.78 Å². The molecule has 2 nitrogen and oxygen atoms in total. The fourth-order valence-corrected chi connectivity index (χ4v) is 1.26.